The molecule has 1 saturated heterocycles. The number of aromatic nitrogens is 3. The molecule has 21 heavy (non-hydrogen) atoms. The fourth-order valence-electron chi connectivity index (χ4n) is 2.30. The van der Waals surface area contributed by atoms with Crippen molar-refractivity contribution in [3.63, 3.8) is 0 Å². The molecule has 2 aromatic rings. The Morgan fingerprint density at radius 1 is 1.43 bits per heavy atom. The number of carbonyl (C=O) groups excluding carboxylic acids is 1. The van der Waals surface area contributed by atoms with Crippen LogP contribution in [0.4, 0.5) is 10.2 Å². The van der Waals surface area contributed by atoms with Crippen LogP contribution in [0.25, 0.3) is 0 Å². The molecule has 2 N–H and O–H groups in total. The van der Waals surface area contributed by atoms with Crippen LogP contribution in [0.3, 0.4) is 0 Å². The topological polar surface area (TPSA) is 71.8 Å². The molecular formula is C14H16FN5O. The zero-order valence-electron chi connectivity index (χ0n) is 11.4. The average molecular weight is 289 g/mol. The molecule has 110 valence electrons. The van der Waals surface area contributed by atoms with Crippen LogP contribution in [0, 0.1) is 0 Å². The Morgan fingerprint density at radius 2 is 2.24 bits per heavy atom. The summed E-state index contributed by atoms with van der Waals surface area (Å²) >= 11 is 0. The molecule has 0 aliphatic carbocycles. The number of hydrogen-bond donors (Lipinski definition) is 2. The van der Waals surface area contributed by atoms with Crippen molar-refractivity contribution in [1.29, 1.82) is 0 Å². The summed E-state index contributed by atoms with van der Waals surface area (Å²) in [5.41, 5.74) is 1.07. The third-order valence-corrected chi connectivity index (χ3v) is 3.38. The Balaban J connectivity index is 1.59. The summed E-state index contributed by atoms with van der Waals surface area (Å²) in [5.74, 6) is 0.225. The van der Waals surface area contributed by atoms with Gasteiger partial charge in [0.2, 0.25) is 5.91 Å². The fraction of sp³-hybridized carbons (Fsp3) is 0.357. The van der Waals surface area contributed by atoms with E-state index in [-0.39, 0.29) is 18.9 Å². The van der Waals surface area contributed by atoms with E-state index in [4.69, 9.17) is 0 Å². The molecule has 2 atom stereocenters. The highest BCUT2D eigenvalue weighted by atomic mass is 19.1. The lowest BCUT2D eigenvalue weighted by atomic mass is 10.2. The van der Waals surface area contributed by atoms with Gasteiger partial charge in [0.15, 0.2) is 5.82 Å². The van der Waals surface area contributed by atoms with Gasteiger partial charge >= 0.3 is 0 Å². The van der Waals surface area contributed by atoms with E-state index in [0.717, 1.165) is 5.56 Å². The SMILES string of the molecule is O=C(Nc1ccn(Cc2ccncc2)n1)[C@H]1C[C@H](F)CN1. The standard InChI is InChI=1S/C14H16FN5O/c15-11-7-12(17-8-11)14(21)18-13-3-6-20(19-13)9-10-1-4-16-5-2-10/h1-6,11-12,17H,7-9H2,(H,18,19,21)/t11-,12+/m0/s1. The molecule has 0 saturated carbocycles. The minimum Gasteiger partial charge on any atom is -0.308 e. The molecule has 2 aromatic heterocycles. The summed E-state index contributed by atoms with van der Waals surface area (Å²) in [6.07, 6.45) is 4.49. The van der Waals surface area contributed by atoms with Gasteiger partial charge in [0.1, 0.15) is 6.17 Å². The Hall–Kier alpha value is -2.28. The summed E-state index contributed by atoms with van der Waals surface area (Å²) in [5, 5.41) is 9.82. The van der Waals surface area contributed by atoms with Crippen molar-refractivity contribution in [2.45, 2.75) is 25.2 Å². The van der Waals surface area contributed by atoms with Crippen LogP contribution in [-0.4, -0.2) is 39.4 Å². The summed E-state index contributed by atoms with van der Waals surface area (Å²) in [6.45, 7) is 0.835. The Labute approximate surface area is 121 Å². The van der Waals surface area contributed by atoms with Gasteiger partial charge < -0.3 is 10.6 Å². The third kappa shape index (κ3) is 3.43. The maximum absolute atomic E-state index is 13.1. The number of nitrogens with one attached hydrogen (secondary N) is 2. The predicted molar refractivity (Wildman–Crippen MR) is 75.5 cm³/mol. The van der Waals surface area contributed by atoms with Crippen molar-refractivity contribution in [2.75, 3.05) is 11.9 Å². The van der Waals surface area contributed by atoms with Crippen LogP contribution < -0.4 is 10.6 Å². The molecular weight excluding hydrogens is 273 g/mol. The zero-order valence-corrected chi connectivity index (χ0v) is 11.4. The highest BCUT2D eigenvalue weighted by Gasteiger charge is 2.29. The van der Waals surface area contributed by atoms with E-state index in [1.54, 1.807) is 29.3 Å². The van der Waals surface area contributed by atoms with Gasteiger partial charge in [-0.3, -0.25) is 14.5 Å². The summed E-state index contributed by atoms with van der Waals surface area (Å²) < 4.78 is 14.8. The number of nitrogens with zero attached hydrogens (tertiary/aromatic N) is 3. The lowest BCUT2D eigenvalue weighted by molar-refractivity contribution is -0.117. The van der Waals surface area contributed by atoms with Crippen molar-refractivity contribution < 1.29 is 9.18 Å². The first-order valence-corrected chi connectivity index (χ1v) is 6.81. The molecule has 0 unspecified atom stereocenters. The summed E-state index contributed by atoms with van der Waals surface area (Å²) in [4.78, 5) is 15.9. The van der Waals surface area contributed by atoms with Gasteiger partial charge in [-0.15, -0.1) is 0 Å². The van der Waals surface area contributed by atoms with Gasteiger partial charge in [0.25, 0.3) is 0 Å². The van der Waals surface area contributed by atoms with Crippen LogP contribution in [0.2, 0.25) is 0 Å². The van der Waals surface area contributed by atoms with Gasteiger partial charge in [-0.05, 0) is 17.7 Å². The summed E-state index contributed by atoms with van der Waals surface area (Å²) in [6, 6.07) is 5.06. The normalized spacial score (nSPS) is 21.4. The first kappa shape index (κ1) is 13.7. The number of halogens is 1. The second kappa shape index (κ2) is 6.01. The maximum Gasteiger partial charge on any atom is 0.242 e. The number of rotatable bonds is 4. The van der Waals surface area contributed by atoms with Crippen LogP contribution >= 0.6 is 0 Å². The molecule has 0 spiro atoms. The van der Waals surface area contributed by atoms with Crippen LogP contribution in [0.15, 0.2) is 36.8 Å². The van der Waals surface area contributed by atoms with Gasteiger partial charge in [-0.2, -0.15) is 5.10 Å². The maximum atomic E-state index is 13.1. The molecule has 1 fully saturated rings. The minimum absolute atomic E-state index is 0.212. The molecule has 7 heteroatoms. The molecule has 0 radical (unpaired) electrons. The number of carbonyl (C=O) groups is 1. The van der Waals surface area contributed by atoms with Gasteiger partial charge in [-0.1, -0.05) is 0 Å². The van der Waals surface area contributed by atoms with E-state index >= 15 is 0 Å². The minimum atomic E-state index is -0.954. The average Bonchev–Trinajstić information content (AvgIpc) is 3.09. The van der Waals surface area contributed by atoms with E-state index in [9.17, 15) is 9.18 Å². The number of anilines is 1. The molecule has 0 bridgehead atoms. The number of hydrogen-bond acceptors (Lipinski definition) is 4. The smallest absolute Gasteiger partial charge is 0.242 e. The van der Waals surface area contributed by atoms with Crippen molar-refractivity contribution in [3.05, 3.63) is 42.4 Å². The molecule has 0 aromatic carbocycles. The van der Waals surface area contributed by atoms with Crippen LogP contribution in [0.5, 0.6) is 0 Å². The van der Waals surface area contributed by atoms with Crippen molar-refractivity contribution >= 4 is 11.7 Å². The quantitative estimate of drug-likeness (QED) is 0.879. The highest BCUT2D eigenvalue weighted by Crippen LogP contribution is 2.12. The predicted octanol–water partition coefficient (Wildman–Crippen LogP) is 0.965. The first-order valence-electron chi connectivity index (χ1n) is 6.81. The van der Waals surface area contributed by atoms with Crippen molar-refractivity contribution in [2.24, 2.45) is 0 Å². The second-order valence-electron chi connectivity index (χ2n) is 5.04. The Morgan fingerprint density at radius 3 is 2.95 bits per heavy atom. The molecule has 3 rings (SSSR count). The van der Waals surface area contributed by atoms with Gasteiger partial charge in [0, 0.05) is 37.6 Å². The molecule has 6 nitrogen and oxygen atoms in total. The van der Waals surface area contributed by atoms with E-state index in [0.29, 0.717) is 12.4 Å². The monoisotopic (exact) mass is 289 g/mol. The number of pyridine rings is 1. The Kier molecular flexibility index (Phi) is 3.92. The molecule has 1 aliphatic heterocycles. The lowest BCUT2D eigenvalue weighted by Gasteiger charge is -2.08. The van der Waals surface area contributed by atoms with Crippen molar-refractivity contribution in [1.82, 2.24) is 20.1 Å². The lowest BCUT2D eigenvalue weighted by Crippen LogP contribution is -2.35. The third-order valence-electron chi connectivity index (χ3n) is 3.38. The van der Waals surface area contributed by atoms with E-state index in [1.807, 2.05) is 12.1 Å². The summed E-state index contributed by atoms with van der Waals surface area (Å²) in [7, 11) is 0. The van der Waals surface area contributed by atoms with E-state index in [1.165, 1.54) is 0 Å². The van der Waals surface area contributed by atoms with Crippen LogP contribution in [0.1, 0.15) is 12.0 Å². The molecule has 1 aliphatic rings. The molecule has 3 heterocycles. The zero-order chi connectivity index (χ0) is 14.7. The van der Waals surface area contributed by atoms with Crippen molar-refractivity contribution in [3.8, 4) is 0 Å². The number of amides is 1. The van der Waals surface area contributed by atoms with E-state index < -0.39 is 12.2 Å². The van der Waals surface area contributed by atoms with Gasteiger partial charge in [0.05, 0.1) is 12.6 Å². The largest absolute Gasteiger partial charge is 0.308 e. The first-order chi connectivity index (χ1) is 10.2. The number of alkyl halides is 1. The molecule has 1 amide bonds. The fourth-order valence-corrected chi connectivity index (χ4v) is 2.30. The second-order valence-corrected chi connectivity index (χ2v) is 5.04. The van der Waals surface area contributed by atoms with E-state index in [2.05, 4.69) is 20.7 Å². The highest BCUT2D eigenvalue weighted by molar-refractivity contribution is 5.94. The Bertz CT molecular complexity index is 615. The van der Waals surface area contributed by atoms with Crippen LogP contribution in [-0.2, 0) is 11.3 Å². The van der Waals surface area contributed by atoms with Gasteiger partial charge in [-0.25, -0.2) is 4.39 Å².